The minimum Gasteiger partial charge on any atom is -0.449 e. The lowest BCUT2D eigenvalue weighted by atomic mass is 9.91. The molecule has 0 aromatic heterocycles. The predicted octanol–water partition coefficient (Wildman–Crippen LogP) is 2.36. The third kappa shape index (κ3) is 2.80. The molecule has 118 valence electrons. The maximum Gasteiger partial charge on any atom is 0.410 e. The number of carbonyl (C=O) groups excluding carboxylic acids is 2. The Bertz CT molecular complexity index is 573. The largest absolute Gasteiger partial charge is 0.449 e. The number of fused-ring (bicyclic) bond motifs is 1. The van der Waals surface area contributed by atoms with Gasteiger partial charge in [0.2, 0.25) is 5.91 Å². The summed E-state index contributed by atoms with van der Waals surface area (Å²) in [4.78, 5) is 27.8. The zero-order chi connectivity index (χ0) is 15.5. The van der Waals surface area contributed by atoms with E-state index in [2.05, 4.69) is 19.1 Å². The average Bonchev–Trinajstić information content (AvgIpc) is 2.55. The van der Waals surface area contributed by atoms with Crippen molar-refractivity contribution in [3.05, 3.63) is 35.4 Å². The normalized spacial score (nSPS) is 21.3. The van der Waals surface area contributed by atoms with Gasteiger partial charge in [0.1, 0.15) is 6.54 Å². The average molecular weight is 302 g/mol. The Hall–Kier alpha value is -2.04. The summed E-state index contributed by atoms with van der Waals surface area (Å²) in [5, 5.41) is 0. The summed E-state index contributed by atoms with van der Waals surface area (Å²) >= 11 is 0. The fourth-order valence-electron chi connectivity index (χ4n) is 3.39. The topological polar surface area (TPSA) is 49.9 Å². The minimum absolute atomic E-state index is 0.0141. The van der Waals surface area contributed by atoms with Crippen LogP contribution in [0.5, 0.6) is 0 Å². The SMILES string of the molecule is CC[C@@H]1c2ccccc2CCN1C(=O)CN1CCCOC1=O. The molecule has 1 aromatic carbocycles. The maximum absolute atomic E-state index is 12.7. The van der Waals surface area contributed by atoms with Crippen LogP contribution in [0.25, 0.3) is 0 Å². The van der Waals surface area contributed by atoms with Gasteiger partial charge in [0, 0.05) is 13.1 Å². The Morgan fingerprint density at radius 1 is 1.32 bits per heavy atom. The fraction of sp³-hybridized carbons (Fsp3) is 0.529. The number of benzene rings is 1. The van der Waals surface area contributed by atoms with Gasteiger partial charge in [-0.15, -0.1) is 0 Å². The van der Waals surface area contributed by atoms with Crippen molar-refractivity contribution in [2.75, 3.05) is 26.2 Å². The second-order valence-corrected chi connectivity index (χ2v) is 5.85. The first-order chi connectivity index (χ1) is 10.7. The lowest BCUT2D eigenvalue weighted by Crippen LogP contribution is -2.48. The van der Waals surface area contributed by atoms with E-state index in [0.29, 0.717) is 13.2 Å². The quantitative estimate of drug-likeness (QED) is 0.861. The Morgan fingerprint density at radius 2 is 2.14 bits per heavy atom. The Balaban J connectivity index is 1.74. The van der Waals surface area contributed by atoms with Crippen molar-refractivity contribution >= 4 is 12.0 Å². The van der Waals surface area contributed by atoms with Crippen molar-refractivity contribution < 1.29 is 14.3 Å². The molecule has 0 radical (unpaired) electrons. The van der Waals surface area contributed by atoms with Crippen LogP contribution in [0, 0.1) is 0 Å². The lowest BCUT2D eigenvalue weighted by Gasteiger charge is -2.38. The molecule has 22 heavy (non-hydrogen) atoms. The van der Waals surface area contributed by atoms with Crippen molar-refractivity contribution in [1.29, 1.82) is 0 Å². The van der Waals surface area contributed by atoms with Gasteiger partial charge in [-0.1, -0.05) is 31.2 Å². The van der Waals surface area contributed by atoms with Crippen LogP contribution >= 0.6 is 0 Å². The molecule has 1 atom stereocenters. The van der Waals surface area contributed by atoms with Gasteiger partial charge < -0.3 is 9.64 Å². The van der Waals surface area contributed by atoms with Crippen molar-refractivity contribution in [2.45, 2.75) is 32.2 Å². The zero-order valence-electron chi connectivity index (χ0n) is 13.0. The van der Waals surface area contributed by atoms with Crippen LogP contribution < -0.4 is 0 Å². The van der Waals surface area contributed by atoms with Crippen LogP contribution in [-0.2, 0) is 16.0 Å². The van der Waals surface area contributed by atoms with Crippen LogP contribution in [0.3, 0.4) is 0 Å². The van der Waals surface area contributed by atoms with Crippen molar-refractivity contribution in [1.82, 2.24) is 9.80 Å². The number of hydrogen-bond acceptors (Lipinski definition) is 3. The van der Waals surface area contributed by atoms with E-state index < -0.39 is 0 Å². The molecule has 0 bridgehead atoms. The molecule has 2 aliphatic rings. The van der Waals surface area contributed by atoms with Crippen LogP contribution in [-0.4, -0.2) is 48.0 Å². The molecule has 0 N–H and O–H groups in total. The lowest BCUT2D eigenvalue weighted by molar-refractivity contribution is -0.135. The smallest absolute Gasteiger partial charge is 0.410 e. The van der Waals surface area contributed by atoms with Crippen LogP contribution in [0.2, 0.25) is 0 Å². The number of rotatable bonds is 3. The molecule has 2 amide bonds. The van der Waals surface area contributed by atoms with Gasteiger partial charge in [0.25, 0.3) is 0 Å². The van der Waals surface area contributed by atoms with Gasteiger partial charge in [-0.2, -0.15) is 0 Å². The monoisotopic (exact) mass is 302 g/mol. The molecule has 1 aromatic rings. The highest BCUT2D eigenvalue weighted by Gasteiger charge is 2.31. The third-order valence-corrected chi connectivity index (χ3v) is 4.50. The number of cyclic esters (lactones) is 1. The fourth-order valence-corrected chi connectivity index (χ4v) is 3.39. The number of hydrogen-bond donors (Lipinski definition) is 0. The van der Waals surface area contributed by atoms with Gasteiger partial charge in [-0.25, -0.2) is 4.79 Å². The zero-order valence-corrected chi connectivity index (χ0v) is 13.0. The van der Waals surface area contributed by atoms with E-state index in [4.69, 9.17) is 4.74 Å². The summed E-state index contributed by atoms with van der Waals surface area (Å²) in [6.45, 7) is 4.00. The highest BCUT2D eigenvalue weighted by molar-refractivity contribution is 5.83. The highest BCUT2D eigenvalue weighted by Crippen LogP contribution is 2.32. The first-order valence-corrected chi connectivity index (χ1v) is 7.99. The number of ether oxygens (including phenoxy) is 1. The standard InChI is InChI=1S/C17H22N2O3/c1-2-15-14-7-4-3-6-13(14)8-10-19(15)16(20)12-18-9-5-11-22-17(18)21/h3-4,6-7,15H,2,5,8-12H2,1H3/t15-/m1/s1. The van der Waals surface area contributed by atoms with E-state index in [1.807, 2.05) is 17.0 Å². The molecule has 2 heterocycles. The van der Waals surface area contributed by atoms with Crippen LogP contribution in [0.1, 0.15) is 36.9 Å². The second-order valence-electron chi connectivity index (χ2n) is 5.85. The molecular formula is C17H22N2O3. The van der Waals surface area contributed by atoms with E-state index in [9.17, 15) is 9.59 Å². The highest BCUT2D eigenvalue weighted by atomic mass is 16.6. The molecule has 5 nitrogen and oxygen atoms in total. The molecule has 0 saturated carbocycles. The molecule has 3 rings (SSSR count). The first-order valence-electron chi connectivity index (χ1n) is 7.99. The van der Waals surface area contributed by atoms with Crippen molar-refractivity contribution in [3.63, 3.8) is 0 Å². The molecule has 1 saturated heterocycles. The van der Waals surface area contributed by atoms with E-state index in [-0.39, 0.29) is 24.6 Å². The molecule has 0 unspecified atom stereocenters. The summed E-state index contributed by atoms with van der Waals surface area (Å²) in [6.07, 6.45) is 2.18. The molecule has 0 spiro atoms. The Kier molecular flexibility index (Phi) is 4.32. The molecule has 5 heteroatoms. The molecule has 1 fully saturated rings. The Morgan fingerprint density at radius 3 is 2.91 bits per heavy atom. The van der Waals surface area contributed by atoms with E-state index in [1.165, 1.54) is 16.0 Å². The summed E-state index contributed by atoms with van der Waals surface area (Å²) in [5.41, 5.74) is 2.57. The van der Waals surface area contributed by atoms with E-state index in [0.717, 1.165) is 25.8 Å². The molecule has 0 aliphatic carbocycles. The molecule has 2 aliphatic heterocycles. The second kappa shape index (κ2) is 6.38. The Labute approximate surface area is 130 Å². The van der Waals surface area contributed by atoms with Gasteiger partial charge >= 0.3 is 6.09 Å². The van der Waals surface area contributed by atoms with Gasteiger partial charge in [-0.3, -0.25) is 9.69 Å². The summed E-state index contributed by atoms with van der Waals surface area (Å²) in [5.74, 6) is 0.0141. The minimum atomic E-state index is -0.370. The first kappa shape index (κ1) is 14.9. The van der Waals surface area contributed by atoms with E-state index >= 15 is 0 Å². The van der Waals surface area contributed by atoms with Crippen LogP contribution in [0.15, 0.2) is 24.3 Å². The summed E-state index contributed by atoms with van der Waals surface area (Å²) in [7, 11) is 0. The van der Waals surface area contributed by atoms with E-state index in [1.54, 1.807) is 0 Å². The summed E-state index contributed by atoms with van der Waals surface area (Å²) < 4.78 is 5.00. The van der Waals surface area contributed by atoms with Gasteiger partial charge in [0.05, 0.1) is 12.6 Å². The van der Waals surface area contributed by atoms with Crippen LogP contribution in [0.4, 0.5) is 4.79 Å². The van der Waals surface area contributed by atoms with Gasteiger partial charge in [-0.05, 0) is 30.4 Å². The number of carbonyl (C=O) groups is 2. The number of amides is 2. The molecular weight excluding hydrogens is 280 g/mol. The van der Waals surface area contributed by atoms with Crippen molar-refractivity contribution in [3.8, 4) is 0 Å². The third-order valence-electron chi connectivity index (χ3n) is 4.50. The van der Waals surface area contributed by atoms with Gasteiger partial charge in [0.15, 0.2) is 0 Å². The predicted molar refractivity (Wildman–Crippen MR) is 82.4 cm³/mol. The number of nitrogens with zero attached hydrogens (tertiary/aromatic N) is 2. The summed E-state index contributed by atoms with van der Waals surface area (Å²) in [6, 6.07) is 8.43. The van der Waals surface area contributed by atoms with Crippen molar-refractivity contribution in [2.24, 2.45) is 0 Å². The maximum atomic E-state index is 12.7.